The molecular formula is C11H11NO3S. The Morgan fingerprint density at radius 2 is 2.12 bits per heavy atom. The molecule has 84 valence electrons. The van der Waals surface area contributed by atoms with Gasteiger partial charge in [0.15, 0.2) is 0 Å². The van der Waals surface area contributed by atoms with E-state index in [2.05, 4.69) is 5.32 Å². The minimum atomic E-state index is -3.29. The molecule has 1 N–H and O–H groups in total. The van der Waals surface area contributed by atoms with E-state index in [4.69, 9.17) is 4.74 Å². The summed E-state index contributed by atoms with van der Waals surface area (Å²) in [5, 5.41) is 4.31. The molecule has 2 aliphatic heterocycles. The van der Waals surface area contributed by atoms with Gasteiger partial charge in [-0.1, -0.05) is 12.1 Å². The molecule has 2 aliphatic rings. The Balaban J connectivity index is 2.04. The van der Waals surface area contributed by atoms with Crippen molar-refractivity contribution >= 4 is 15.9 Å². The molecule has 0 atom stereocenters. The fourth-order valence-corrected chi connectivity index (χ4v) is 3.14. The number of benzene rings is 1. The van der Waals surface area contributed by atoms with Crippen LogP contribution in [0.15, 0.2) is 28.5 Å². The molecular weight excluding hydrogens is 226 g/mol. The minimum Gasteiger partial charge on any atom is -0.486 e. The van der Waals surface area contributed by atoms with Crippen LogP contribution in [0.3, 0.4) is 0 Å². The van der Waals surface area contributed by atoms with Crippen LogP contribution in [-0.2, 0) is 9.84 Å². The quantitative estimate of drug-likeness (QED) is 0.826. The highest BCUT2D eigenvalue weighted by molar-refractivity contribution is 7.95. The van der Waals surface area contributed by atoms with Gasteiger partial charge in [-0.2, -0.15) is 0 Å². The van der Waals surface area contributed by atoms with Gasteiger partial charge in [0, 0.05) is 18.5 Å². The molecule has 2 heterocycles. The van der Waals surface area contributed by atoms with Crippen LogP contribution < -0.4 is 10.1 Å². The summed E-state index contributed by atoms with van der Waals surface area (Å²) in [6, 6.07) is 5.30. The average molecular weight is 237 g/mol. The van der Waals surface area contributed by atoms with Crippen molar-refractivity contribution in [1.29, 1.82) is 0 Å². The Morgan fingerprint density at radius 1 is 1.31 bits per heavy atom. The SMILES string of the molecule is O=S1(=O)C=Cc2cccc(OC3CNC3)c21. The van der Waals surface area contributed by atoms with Crippen molar-refractivity contribution in [3.8, 4) is 5.75 Å². The number of fused-ring (bicyclic) bond motifs is 1. The summed E-state index contributed by atoms with van der Waals surface area (Å²) in [4.78, 5) is 0.307. The zero-order valence-electron chi connectivity index (χ0n) is 8.51. The van der Waals surface area contributed by atoms with E-state index in [0.29, 0.717) is 16.2 Å². The highest BCUT2D eigenvalue weighted by Gasteiger charge is 2.28. The van der Waals surface area contributed by atoms with Crippen LogP contribution in [0.25, 0.3) is 6.08 Å². The third-order valence-corrected chi connectivity index (χ3v) is 4.26. The molecule has 0 aromatic heterocycles. The van der Waals surface area contributed by atoms with E-state index in [1.807, 2.05) is 6.07 Å². The molecule has 1 fully saturated rings. The summed E-state index contributed by atoms with van der Waals surface area (Å²) in [5.41, 5.74) is 0.713. The van der Waals surface area contributed by atoms with E-state index >= 15 is 0 Å². The van der Waals surface area contributed by atoms with Gasteiger partial charge in [-0.3, -0.25) is 0 Å². The molecule has 0 bridgehead atoms. The zero-order valence-corrected chi connectivity index (χ0v) is 9.33. The monoisotopic (exact) mass is 237 g/mol. The summed E-state index contributed by atoms with van der Waals surface area (Å²) in [5.74, 6) is 0.467. The van der Waals surface area contributed by atoms with E-state index < -0.39 is 9.84 Å². The largest absolute Gasteiger partial charge is 0.486 e. The maximum absolute atomic E-state index is 11.8. The molecule has 4 nitrogen and oxygen atoms in total. The molecule has 16 heavy (non-hydrogen) atoms. The van der Waals surface area contributed by atoms with E-state index in [0.717, 1.165) is 13.1 Å². The lowest BCUT2D eigenvalue weighted by molar-refractivity contribution is 0.138. The van der Waals surface area contributed by atoms with Crippen molar-refractivity contribution in [1.82, 2.24) is 5.32 Å². The smallest absolute Gasteiger partial charge is 0.204 e. The summed E-state index contributed by atoms with van der Waals surface area (Å²) in [6.45, 7) is 1.55. The molecule has 5 heteroatoms. The van der Waals surface area contributed by atoms with Crippen LogP contribution in [0.1, 0.15) is 5.56 Å². The lowest BCUT2D eigenvalue weighted by Gasteiger charge is -2.28. The van der Waals surface area contributed by atoms with Crippen molar-refractivity contribution in [2.45, 2.75) is 11.0 Å². The Bertz CT molecular complexity index is 559. The summed E-state index contributed by atoms with van der Waals surface area (Å²) in [7, 11) is -3.29. The Morgan fingerprint density at radius 3 is 2.81 bits per heavy atom. The van der Waals surface area contributed by atoms with Gasteiger partial charge in [0.25, 0.3) is 0 Å². The first-order chi connectivity index (χ1) is 7.67. The Kier molecular flexibility index (Phi) is 2.05. The maximum Gasteiger partial charge on any atom is 0.204 e. The molecule has 3 rings (SSSR count). The molecule has 0 aliphatic carbocycles. The van der Waals surface area contributed by atoms with E-state index in [1.165, 1.54) is 5.41 Å². The second-order valence-electron chi connectivity index (χ2n) is 3.92. The normalized spacial score (nSPS) is 21.5. The van der Waals surface area contributed by atoms with Crippen molar-refractivity contribution in [2.24, 2.45) is 0 Å². The molecule has 1 saturated heterocycles. The minimum absolute atomic E-state index is 0.0855. The fourth-order valence-electron chi connectivity index (χ4n) is 1.82. The summed E-state index contributed by atoms with van der Waals surface area (Å²) >= 11 is 0. The van der Waals surface area contributed by atoms with Gasteiger partial charge in [0.1, 0.15) is 16.7 Å². The van der Waals surface area contributed by atoms with Crippen molar-refractivity contribution in [3.05, 3.63) is 29.2 Å². The van der Waals surface area contributed by atoms with Crippen LogP contribution in [0.5, 0.6) is 5.75 Å². The van der Waals surface area contributed by atoms with E-state index in [1.54, 1.807) is 18.2 Å². The van der Waals surface area contributed by atoms with Gasteiger partial charge in [-0.25, -0.2) is 8.42 Å². The highest BCUT2D eigenvalue weighted by atomic mass is 32.2. The topological polar surface area (TPSA) is 55.4 Å². The average Bonchev–Trinajstić information content (AvgIpc) is 2.50. The van der Waals surface area contributed by atoms with Crippen molar-refractivity contribution in [3.63, 3.8) is 0 Å². The third kappa shape index (κ3) is 1.44. The van der Waals surface area contributed by atoms with E-state index in [9.17, 15) is 8.42 Å². The van der Waals surface area contributed by atoms with Gasteiger partial charge < -0.3 is 10.1 Å². The lowest BCUT2D eigenvalue weighted by atomic mass is 10.2. The van der Waals surface area contributed by atoms with Crippen molar-refractivity contribution in [2.75, 3.05) is 13.1 Å². The van der Waals surface area contributed by atoms with Crippen LogP contribution in [-0.4, -0.2) is 27.6 Å². The summed E-state index contributed by atoms with van der Waals surface area (Å²) < 4.78 is 29.2. The number of nitrogens with one attached hydrogen (secondary N) is 1. The van der Waals surface area contributed by atoms with Crippen LogP contribution >= 0.6 is 0 Å². The number of rotatable bonds is 2. The van der Waals surface area contributed by atoms with Crippen molar-refractivity contribution < 1.29 is 13.2 Å². The first-order valence-electron chi connectivity index (χ1n) is 5.10. The maximum atomic E-state index is 11.8. The highest BCUT2D eigenvalue weighted by Crippen LogP contribution is 2.35. The first kappa shape index (κ1) is 9.86. The summed E-state index contributed by atoms with van der Waals surface area (Å²) in [6.07, 6.45) is 1.69. The molecule has 0 unspecified atom stereocenters. The van der Waals surface area contributed by atoms with Gasteiger partial charge in [-0.05, 0) is 17.7 Å². The van der Waals surface area contributed by atoms with E-state index in [-0.39, 0.29) is 6.10 Å². The number of hydrogen-bond acceptors (Lipinski definition) is 4. The van der Waals surface area contributed by atoms with Gasteiger partial charge >= 0.3 is 0 Å². The fraction of sp³-hybridized carbons (Fsp3) is 0.273. The molecule has 0 radical (unpaired) electrons. The predicted molar refractivity (Wildman–Crippen MR) is 59.9 cm³/mol. The first-order valence-corrected chi connectivity index (χ1v) is 6.65. The number of sulfone groups is 1. The number of ether oxygens (including phenoxy) is 1. The molecule has 1 aromatic rings. The molecule has 1 aromatic carbocycles. The van der Waals surface area contributed by atoms with Gasteiger partial charge in [-0.15, -0.1) is 0 Å². The van der Waals surface area contributed by atoms with Crippen LogP contribution in [0.2, 0.25) is 0 Å². The number of hydrogen-bond donors (Lipinski definition) is 1. The second kappa shape index (κ2) is 3.33. The standard InChI is InChI=1S/C11H11NO3S/c13-16(14)5-4-8-2-1-3-10(11(8)16)15-9-6-12-7-9/h1-5,9,12H,6-7H2. The predicted octanol–water partition coefficient (Wildman–Crippen LogP) is 0.795. The van der Waals surface area contributed by atoms with Crippen LogP contribution in [0, 0.1) is 0 Å². The zero-order chi connectivity index (χ0) is 11.2. The van der Waals surface area contributed by atoms with Gasteiger partial charge in [0.05, 0.1) is 0 Å². The molecule has 0 saturated carbocycles. The third-order valence-electron chi connectivity index (χ3n) is 2.76. The van der Waals surface area contributed by atoms with Gasteiger partial charge in [0.2, 0.25) is 9.84 Å². The Labute approximate surface area is 93.8 Å². The second-order valence-corrected chi connectivity index (χ2v) is 5.69. The molecule has 0 spiro atoms. The molecule has 0 amide bonds. The Hall–Kier alpha value is -1.33. The lowest BCUT2D eigenvalue weighted by Crippen LogP contribution is -2.50. The van der Waals surface area contributed by atoms with Crippen LogP contribution in [0.4, 0.5) is 0 Å².